The zero-order valence-electron chi connectivity index (χ0n) is 10.0. The Labute approximate surface area is 107 Å². The molecule has 0 radical (unpaired) electrons. The zero-order chi connectivity index (χ0) is 12.4. The van der Waals surface area contributed by atoms with E-state index in [9.17, 15) is 10.2 Å². The van der Waals surface area contributed by atoms with Crippen molar-refractivity contribution in [3.8, 4) is 11.5 Å². The van der Waals surface area contributed by atoms with Crippen molar-refractivity contribution >= 4 is 24.0 Å². The van der Waals surface area contributed by atoms with Gasteiger partial charge in [-0.15, -0.1) is 5.54 Å². The van der Waals surface area contributed by atoms with Crippen LogP contribution < -0.4 is 0 Å². The van der Waals surface area contributed by atoms with E-state index in [4.69, 9.17) is 0 Å². The number of hydrogen-bond acceptors (Lipinski definition) is 2. The summed E-state index contributed by atoms with van der Waals surface area (Å²) in [7, 11) is -1.51. The van der Waals surface area contributed by atoms with Gasteiger partial charge in [0.05, 0.1) is 0 Å². The summed E-state index contributed by atoms with van der Waals surface area (Å²) in [5.74, 6) is 2.81. The monoisotopic (exact) mass is 302 g/mol. The average molecular weight is 303 g/mol. The van der Waals surface area contributed by atoms with Crippen LogP contribution in [0.25, 0.3) is 0 Å². The van der Waals surface area contributed by atoms with Gasteiger partial charge >= 0.3 is 0 Å². The van der Waals surface area contributed by atoms with Crippen molar-refractivity contribution in [1.29, 1.82) is 0 Å². The van der Waals surface area contributed by atoms with Gasteiger partial charge in [0, 0.05) is 4.48 Å². The summed E-state index contributed by atoms with van der Waals surface area (Å²) in [4.78, 5) is 0. The van der Waals surface area contributed by atoms with E-state index < -0.39 is 19.8 Å². The van der Waals surface area contributed by atoms with E-state index in [-0.39, 0.29) is 0 Å². The molecule has 0 bridgehead atoms. The van der Waals surface area contributed by atoms with Gasteiger partial charge in [0.1, 0.15) is 19.8 Å². The molecule has 0 saturated heterocycles. The Morgan fingerprint density at radius 2 is 2.12 bits per heavy atom. The van der Waals surface area contributed by atoms with Crippen LogP contribution in [0.5, 0.6) is 0 Å². The fraction of sp³-hybridized carbons (Fsp3) is 0.667. The van der Waals surface area contributed by atoms with Gasteiger partial charge in [-0.25, -0.2) is 0 Å². The summed E-state index contributed by atoms with van der Waals surface area (Å²) < 4.78 is 0.670. The minimum Gasteiger partial charge on any atom is -0.381 e. The number of allylic oxidation sites excluding steroid dienone is 1. The lowest BCUT2D eigenvalue weighted by Crippen LogP contribution is -2.43. The molecule has 0 aromatic rings. The van der Waals surface area contributed by atoms with Crippen molar-refractivity contribution in [3.05, 3.63) is 10.6 Å². The van der Waals surface area contributed by atoms with Gasteiger partial charge in [-0.3, -0.25) is 0 Å². The van der Waals surface area contributed by atoms with E-state index in [1.54, 1.807) is 0 Å². The summed E-state index contributed by atoms with van der Waals surface area (Å²) in [5.41, 5.74) is 1.89. The SMILES string of the molecule is C[Si](C)(C)C#C[C@@H](O)[C@@]1(O)CCCC=C1Br. The summed E-state index contributed by atoms with van der Waals surface area (Å²) in [6.45, 7) is 6.34. The Bertz CT molecular complexity index is 348. The average Bonchev–Trinajstić information content (AvgIpc) is 2.18. The van der Waals surface area contributed by atoms with Crippen molar-refractivity contribution in [1.82, 2.24) is 0 Å². The van der Waals surface area contributed by atoms with Crippen LogP contribution in [-0.4, -0.2) is 30.0 Å². The molecule has 1 aliphatic carbocycles. The van der Waals surface area contributed by atoms with Crippen molar-refractivity contribution < 1.29 is 10.2 Å². The topological polar surface area (TPSA) is 40.5 Å². The molecular formula is C12H19BrO2Si. The lowest BCUT2D eigenvalue weighted by atomic mass is 9.86. The molecule has 0 unspecified atom stereocenters. The van der Waals surface area contributed by atoms with Crippen LogP contribution in [0.4, 0.5) is 0 Å². The first-order valence-electron chi connectivity index (χ1n) is 5.55. The number of rotatable bonds is 1. The van der Waals surface area contributed by atoms with Crippen molar-refractivity contribution in [2.24, 2.45) is 0 Å². The van der Waals surface area contributed by atoms with Gasteiger partial charge in [0.15, 0.2) is 0 Å². The first-order valence-corrected chi connectivity index (χ1v) is 9.84. The third-order valence-corrected chi connectivity index (χ3v) is 4.44. The number of aliphatic hydroxyl groups excluding tert-OH is 1. The van der Waals surface area contributed by atoms with E-state index in [1.165, 1.54) is 0 Å². The lowest BCUT2D eigenvalue weighted by Gasteiger charge is -2.33. The number of aliphatic hydroxyl groups is 2. The standard InChI is InChI=1S/C12H19BrO2Si/c1-16(2,3)9-7-11(14)12(15)8-5-4-6-10(12)13/h6,11,14-15H,4-5,8H2,1-3H3/t11-,12-/m1/s1. The van der Waals surface area contributed by atoms with E-state index >= 15 is 0 Å². The normalized spacial score (nSPS) is 27.8. The van der Waals surface area contributed by atoms with Gasteiger partial charge in [-0.1, -0.05) is 47.6 Å². The van der Waals surface area contributed by atoms with E-state index in [0.29, 0.717) is 10.9 Å². The third kappa shape index (κ3) is 3.46. The highest BCUT2D eigenvalue weighted by molar-refractivity contribution is 9.11. The summed E-state index contributed by atoms with van der Waals surface area (Å²) >= 11 is 3.33. The van der Waals surface area contributed by atoms with Crippen LogP contribution in [0.1, 0.15) is 19.3 Å². The molecule has 0 aliphatic heterocycles. The minimum atomic E-state index is -1.51. The lowest BCUT2D eigenvalue weighted by molar-refractivity contribution is -0.0217. The second-order valence-corrected chi connectivity index (χ2v) is 10.9. The smallest absolute Gasteiger partial charge is 0.147 e. The Hall–Kier alpha value is -0.0831. The molecule has 1 aliphatic rings. The maximum absolute atomic E-state index is 10.4. The van der Waals surface area contributed by atoms with Gasteiger partial charge in [0.2, 0.25) is 0 Å². The zero-order valence-corrected chi connectivity index (χ0v) is 12.6. The Morgan fingerprint density at radius 1 is 1.50 bits per heavy atom. The fourth-order valence-electron chi connectivity index (χ4n) is 1.57. The maximum atomic E-state index is 10.4. The molecule has 90 valence electrons. The van der Waals surface area contributed by atoms with Gasteiger partial charge in [-0.2, -0.15) is 0 Å². The van der Waals surface area contributed by atoms with Gasteiger partial charge in [-0.05, 0) is 19.3 Å². The maximum Gasteiger partial charge on any atom is 0.147 e. The molecule has 2 nitrogen and oxygen atoms in total. The van der Waals surface area contributed by atoms with E-state index in [2.05, 4.69) is 47.0 Å². The van der Waals surface area contributed by atoms with Gasteiger partial charge in [0.25, 0.3) is 0 Å². The van der Waals surface area contributed by atoms with Crippen LogP contribution in [0.3, 0.4) is 0 Å². The molecule has 0 fully saturated rings. The van der Waals surface area contributed by atoms with E-state index in [0.717, 1.165) is 12.8 Å². The quantitative estimate of drug-likeness (QED) is 0.577. The Kier molecular flexibility index (Phi) is 4.41. The molecule has 1 rings (SSSR count). The molecule has 0 saturated carbocycles. The molecule has 2 N–H and O–H groups in total. The highest BCUT2D eigenvalue weighted by atomic mass is 79.9. The van der Waals surface area contributed by atoms with Crippen molar-refractivity contribution in [2.75, 3.05) is 0 Å². The molecule has 4 heteroatoms. The molecular weight excluding hydrogens is 284 g/mol. The summed E-state index contributed by atoms with van der Waals surface area (Å²) in [5, 5.41) is 20.3. The molecule has 0 amide bonds. The van der Waals surface area contributed by atoms with E-state index in [1.807, 2.05) is 6.08 Å². The summed E-state index contributed by atoms with van der Waals surface area (Å²) in [6, 6.07) is 0. The number of hydrogen-bond donors (Lipinski definition) is 2. The summed E-state index contributed by atoms with van der Waals surface area (Å²) in [6.07, 6.45) is 3.31. The van der Waals surface area contributed by atoms with Crippen LogP contribution in [0, 0.1) is 11.5 Å². The molecule has 0 aromatic heterocycles. The predicted octanol–water partition coefficient (Wildman–Crippen LogP) is 2.42. The molecule has 0 spiro atoms. The Morgan fingerprint density at radius 3 is 2.62 bits per heavy atom. The predicted molar refractivity (Wildman–Crippen MR) is 72.9 cm³/mol. The second kappa shape index (κ2) is 5.05. The van der Waals surface area contributed by atoms with Crippen LogP contribution in [-0.2, 0) is 0 Å². The molecule has 2 atom stereocenters. The first-order chi connectivity index (χ1) is 7.26. The van der Waals surface area contributed by atoms with Crippen molar-refractivity contribution in [3.63, 3.8) is 0 Å². The van der Waals surface area contributed by atoms with Gasteiger partial charge < -0.3 is 10.2 Å². The fourth-order valence-corrected chi connectivity index (χ4v) is 2.78. The highest BCUT2D eigenvalue weighted by Gasteiger charge is 2.38. The highest BCUT2D eigenvalue weighted by Crippen LogP contribution is 2.35. The largest absolute Gasteiger partial charge is 0.381 e. The second-order valence-electron chi connectivity index (χ2n) is 5.29. The first kappa shape index (κ1) is 14.0. The van der Waals surface area contributed by atoms with Crippen molar-refractivity contribution in [2.45, 2.75) is 50.6 Å². The Balaban J connectivity index is 2.87. The molecule has 0 aromatic carbocycles. The molecule has 16 heavy (non-hydrogen) atoms. The third-order valence-electron chi connectivity index (χ3n) is 2.54. The molecule has 0 heterocycles. The van der Waals surface area contributed by atoms with Crippen LogP contribution >= 0.6 is 15.9 Å². The number of halogens is 1. The van der Waals surface area contributed by atoms with Crippen LogP contribution in [0.2, 0.25) is 19.6 Å². The minimum absolute atomic E-state index is 0.561. The van der Waals surface area contributed by atoms with Crippen LogP contribution in [0.15, 0.2) is 10.6 Å².